The van der Waals surface area contributed by atoms with Gasteiger partial charge in [-0.25, -0.2) is 9.37 Å². The van der Waals surface area contributed by atoms with Gasteiger partial charge in [0.25, 0.3) is 0 Å². The molecule has 0 radical (unpaired) electrons. The number of guanidine groups is 1. The fourth-order valence-corrected chi connectivity index (χ4v) is 2.31. The molecule has 7 heteroatoms. The largest absolute Gasteiger partial charge is 0.494 e. The van der Waals surface area contributed by atoms with Crippen LogP contribution in [-0.4, -0.2) is 37.2 Å². The number of nitrogens with zero attached hydrogens (tertiary/aromatic N) is 2. The average Bonchev–Trinajstić information content (AvgIpc) is 2.64. The SMILES string of the molecule is CCNC(=NCCCOc1ccc(F)cc1)NCCc1ccc(Cl)nc1. The van der Waals surface area contributed by atoms with Gasteiger partial charge in [-0.05, 0) is 49.2 Å². The number of ether oxygens (including phenoxy) is 1. The third kappa shape index (κ3) is 7.70. The average molecular weight is 379 g/mol. The molecule has 140 valence electrons. The van der Waals surface area contributed by atoms with Gasteiger partial charge in [-0.3, -0.25) is 4.99 Å². The molecule has 0 saturated heterocycles. The molecular formula is C19H24ClFN4O. The minimum absolute atomic E-state index is 0.266. The van der Waals surface area contributed by atoms with Gasteiger partial charge in [0.15, 0.2) is 5.96 Å². The highest BCUT2D eigenvalue weighted by molar-refractivity contribution is 6.29. The molecule has 0 aliphatic heterocycles. The Labute approximate surface area is 158 Å². The van der Waals surface area contributed by atoms with Crippen LogP contribution in [0, 0.1) is 5.82 Å². The molecule has 2 aromatic rings. The molecular weight excluding hydrogens is 355 g/mol. The van der Waals surface area contributed by atoms with Crippen LogP contribution in [0.2, 0.25) is 5.15 Å². The molecule has 0 fully saturated rings. The molecule has 0 amide bonds. The quantitative estimate of drug-likeness (QED) is 0.304. The van der Waals surface area contributed by atoms with Gasteiger partial charge in [-0.2, -0.15) is 0 Å². The summed E-state index contributed by atoms with van der Waals surface area (Å²) < 4.78 is 18.4. The molecule has 2 N–H and O–H groups in total. The predicted octanol–water partition coefficient (Wildman–Crippen LogP) is 3.44. The summed E-state index contributed by atoms with van der Waals surface area (Å²) >= 11 is 5.78. The van der Waals surface area contributed by atoms with Crippen LogP contribution in [0.3, 0.4) is 0 Å². The first-order chi connectivity index (χ1) is 12.7. The van der Waals surface area contributed by atoms with E-state index in [9.17, 15) is 4.39 Å². The Morgan fingerprint density at radius 2 is 2.00 bits per heavy atom. The summed E-state index contributed by atoms with van der Waals surface area (Å²) in [7, 11) is 0. The molecule has 0 bridgehead atoms. The van der Waals surface area contributed by atoms with E-state index in [0.29, 0.717) is 24.1 Å². The first-order valence-electron chi connectivity index (χ1n) is 8.68. The third-order valence-corrected chi connectivity index (χ3v) is 3.72. The maximum Gasteiger partial charge on any atom is 0.191 e. The first-order valence-corrected chi connectivity index (χ1v) is 9.06. The van der Waals surface area contributed by atoms with E-state index in [2.05, 4.69) is 20.6 Å². The highest BCUT2D eigenvalue weighted by atomic mass is 35.5. The minimum atomic E-state index is -0.266. The molecule has 5 nitrogen and oxygen atoms in total. The van der Waals surface area contributed by atoms with Crippen LogP contribution in [-0.2, 0) is 6.42 Å². The van der Waals surface area contributed by atoms with Gasteiger partial charge in [0.05, 0.1) is 6.61 Å². The second-order valence-corrected chi connectivity index (χ2v) is 5.97. The molecule has 2 rings (SSSR count). The fourth-order valence-electron chi connectivity index (χ4n) is 2.20. The van der Waals surface area contributed by atoms with E-state index in [1.54, 1.807) is 24.4 Å². The Bertz CT molecular complexity index is 677. The highest BCUT2D eigenvalue weighted by Crippen LogP contribution is 2.11. The molecule has 0 unspecified atom stereocenters. The third-order valence-electron chi connectivity index (χ3n) is 3.49. The molecule has 26 heavy (non-hydrogen) atoms. The van der Waals surface area contributed by atoms with Crippen LogP contribution >= 0.6 is 11.6 Å². The van der Waals surface area contributed by atoms with Crippen molar-refractivity contribution in [2.24, 2.45) is 4.99 Å². The van der Waals surface area contributed by atoms with E-state index in [1.807, 2.05) is 13.0 Å². The molecule has 0 aliphatic rings. The molecule has 0 spiro atoms. The number of rotatable bonds is 9. The lowest BCUT2D eigenvalue weighted by atomic mass is 10.2. The van der Waals surface area contributed by atoms with Gasteiger partial charge in [-0.15, -0.1) is 0 Å². The Morgan fingerprint density at radius 1 is 1.19 bits per heavy atom. The van der Waals surface area contributed by atoms with Crippen molar-refractivity contribution in [2.45, 2.75) is 19.8 Å². The monoisotopic (exact) mass is 378 g/mol. The number of aromatic nitrogens is 1. The fraction of sp³-hybridized carbons (Fsp3) is 0.368. The number of hydrogen-bond acceptors (Lipinski definition) is 3. The predicted molar refractivity (Wildman–Crippen MR) is 103 cm³/mol. The molecule has 0 saturated carbocycles. The second kappa shape index (κ2) is 11.3. The van der Waals surface area contributed by atoms with E-state index in [1.165, 1.54) is 12.1 Å². The van der Waals surface area contributed by atoms with E-state index in [0.717, 1.165) is 37.5 Å². The van der Waals surface area contributed by atoms with Crippen molar-refractivity contribution in [1.82, 2.24) is 15.6 Å². The maximum absolute atomic E-state index is 12.8. The standard InChI is InChI=1S/C19H24ClFN4O/c1-2-22-19(24-12-10-15-4-9-18(20)25-14-15)23-11-3-13-26-17-7-5-16(21)6-8-17/h4-9,14H,2-3,10-13H2,1H3,(H2,22,23,24). The summed E-state index contributed by atoms with van der Waals surface area (Å²) in [6, 6.07) is 9.77. The van der Waals surface area contributed by atoms with Crippen LogP contribution in [0.4, 0.5) is 4.39 Å². The summed E-state index contributed by atoms with van der Waals surface area (Å²) in [6.07, 6.45) is 3.39. The number of aliphatic imine (C=N–C) groups is 1. The molecule has 0 aliphatic carbocycles. The van der Waals surface area contributed by atoms with Gasteiger partial charge in [0.2, 0.25) is 0 Å². The number of halogens is 2. The highest BCUT2D eigenvalue weighted by Gasteiger charge is 1.99. The Morgan fingerprint density at radius 3 is 2.69 bits per heavy atom. The zero-order valence-electron chi connectivity index (χ0n) is 14.8. The zero-order chi connectivity index (χ0) is 18.6. The van der Waals surface area contributed by atoms with Crippen LogP contribution in [0.25, 0.3) is 0 Å². The van der Waals surface area contributed by atoms with Crippen molar-refractivity contribution in [3.63, 3.8) is 0 Å². The lowest BCUT2D eigenvalue weighted by molar-refractivity contribution is 0.313. The maximum atomic E-state index is 12.8. The number of hydrogen-bond donors (Lipinski definition) is 2. The van der Waals surface area contributed by atoms with Crippen molar-refractivity contribution in [3.8, 4) is 5.75 Å². The van der Waals surface area contributed by atoms with Crippen LogP contribution in [0.1, 0.15) is 18.9 Å². The van der Waals surface area contributed by atoms with Gasteiger partial charge in [-0.1, -0.05) is 17.7 Å². The number of benzene rings is 1. The van der Waals surface area contributed by atoms with Crippen molar-refractivity contribution >= 4 is 17.6 Å². The second-order valence-electron chi connectivity index (χ2n) is 5.58. The summed E-state index contributed by atoms with van der Waals surface area (Å²) in [5.41, 5.74) is 1.12. The summed E-state index contributed by atoms with van der Waals surface area (Å²) in [5.74, 6) is 1.17. The molecule has 1 heterocycles. The molecule has 1 aromatic carbocycles. The Hall–Kier alpha value is -2.34. The molecule has 1 aromatic heterocycles. The van der Waals surface area contributed by atoms with E-state index >= 15 is 0 Å². The van der Waals surface area contributed by atoms with E-state index in [-0.39, 0.29) is 5.82 Å². The van der Waals surface area contributed by atoms with Crippen LogP contribution in [0.15, 0.2) is 47.6 Å². The summed E-state index contributed by atoms with van der Waals surface area (Å²) in [4.78, 5) is 8.59. The van der Waals surface area contributed by atoms with Gasteiger partial charge >= 0.3 is 0 Å². The lowest BCUT2D eigenvalue weighted by Gasteiger charge is -2.11. The van der Waals surface area contributed by atoms with Crippen LogP contribution in [0.5, 0.6) is 5.75 Å². The number of pyridine rings is 1. The number of nitrogens with one attached hydrogen (secondary N) is 2. The lowest BCUT2D eigenvalue weighted by Crippen LogP contribution is -2.38. The molecule has 0 atom stereocenters. The van der Waals surface area contributed by atoms with Gasteiger partial charge < -0.3 is 15.4 Å². The smallest absolute Gasteiger partial charge is 0.191 e. The van der Waals surface area contributed by atoms with Crippen molar-refractivity contribution in [2.75, 3.05) is 26.2 Å². The minimum Gasteiger partial charge on any atom is -0.494 e. The van der Waals surface area contributed by atoms with Crippen molar-refractivity contribution in [3.05, 3.63) is 59.1 Å². The van der Waals surface area contributed by atoms with Gasteiger partial charge in [0.1, 0.15) is 16.7 Å². The van der Waals surface area contributed by atoms with Crippen LogP contribution < -0.4 is 15.4 Å². The van der Waals surface area contributed by atoms with Crippen molar-refractivity contribution in [1.29, 1.82) is 0 Å². The normalized spacial score (nSPS) is 11.3. The topological polar surface area (TPSA) is 58.5 Å². The Balaban J connectivity index is 1.68. The van der Waals surface area contributed by atoms with E-state index in [4.69, 9.17) is 16.3 Å². The zero-order valence-corrected chi connectivity index (χ0v) is 15.6. The van der Waals surface area contributed by atoms with E-state index < -0.39 is 0 Å². The van der Waals surface area contributed by atoms with Gasteiger partial charge in [0, 0.05) is 32.3 Å². The first kappa shape index (κ1) is 20.0. The Kier molecular flexibility index (Phi) is 8.69. The summed E-state index contributed by atoms with van der Waals surface area (Å²) in [5, 5.41) is 7.01. The van der Waals surface area contributed by atoms with Crippen molar-refractivity contribution < 1.29 is 9.13 Å². The summed E-state index contributed by atoms with van der Waals surface area (Å²) in [6.45, 7) is 4.74.